The molecule has 1 atom stereocenters. The first-order chi connectivity index (χ1) is 11.2. The second kappa shape index (κ2) is 7.13. The van der Waals surface area contributed by atoms with Gasteiger partial charge in [-0.3, -0.25) is 4.68 Å². The van der Waals surface area contributed by atoms with Crippen molar-refractivity contribution in [3.8, 4) is 0 Å². The monoisotopic (exact) mass is 314 g/mol. The van der Waals surface area contributed by atoms with E-state index in [9.17, 15) is 4.79 Å². The number of rotatable bonds is 5. The molecule has 2 N–H and O–H groups in total. The molecule has 0 saturated carbocycles. The van der Waals surface area contributed by atoms with Crippen LogP contribution in [-0.4, -0.2) is 39.9 Å². The normalized spacial score (nSPS) is 15.4. The van der Waals surface area contributed by atoms with Crippen LogP contribution < -0.4 is 15.5 Å². The Balaban J connectivity index is 1.59. The Bertz CT molecular complexity index is 636. The van der Waals surface area contributed by atoms with Gasteiger partial charge >= 0.3 is 6.03 Å². The minimum Gasteiger partial charge on any atom is -0.355 e. The summed E-state index contributed by atoms with van der Waals surface area (Å²) in [7, 11) is 0. The summed E-state index contributed by atoms with van der Waals surface area (Å²) in [5, 5.41) is 9.98. The van der Waals surface area contributed by atoms with Crippen LogP contribution in [-0.2, 0) is 6.54 Å². The Morgan fingerprint density at radius 2 is 2.13 bits per heavy atom. The minimum absolute atomic E-state index is 0.0261. The van der Waals surface area contributed by atoms with Gasteiger partial charge in [0.15, 0.2) is 5.82 Å². The quantitative estimate of drug-likeness (QED) is 0.886. The fourth-order valence-electron chi connectivity index (χ4n) is 2.79. The van der Waals surface area contributed by atoms with E-state index in [1.807, 2.05) is 31.3 Å². The Morgan fingerprint density at radius 1 is 1.30 bits per heavy atom. The molecule has 0 unspecified atom stereocenters. The smallest absolute Gasteiger partial charge is 0.319 e. The number of nitrogens with one attached hydrogen (secondary N) is 2. The molecule has 122 valence electrons. The summed E-state index contributed by atoms with van der Waals surface area (Å²) in [5.41, 5.74) is 0.748. The maximum Gasteiger partial charge on any atom is 0.319 e. The molecule has 7 nitrogen and oxygen atoms in total. The molecule has 3 rings (SSSR count). The summed E-state index contributed by atoms with van der Waals surface area (Å²) in [6.07, 6.45) is 7.71. The highest BCUT2D eigenvalue weighted by atomic mass is 16.2. The van der Waals surface area contributed by atoms with Crippen molar-refractivity contribution in [2.45, 2.75) is 32.4 Å². The number of hydrogen-bond acceptors (Lipinski definition) is 4. The van der Waals surface area contributed by atoms with Gasteiger partial charge < -0.3 is 15.5 Å². The maximum atomic E-state index is 12.2. The standard InChI is InChI=1S/C16H22N6O/c1-13(12-22-11-5-8-18-22)19-16(23)20-14-6-4-7-17-15(14)21-9-2-3-10-21/h4-8,11,13H,2-3,9-10,12H2,1H3,(H2,19,20,23)/t13-/m1/s1. The fourth-order valence-corrected chi connectivity index (χ4v) is 2.79. The molecule has 0 spiro atoms. The average molecular weight is 314 g/mol. The Hall–Kier alpha value is -2.57. The van der Waals surface area contributed by atoms with E-state index in [0.29, 0.717) is 6.54 Å². The highest BCUT2D eigenvalue weighted by molar-refractivity contribution is 5.92. The molecule has 2 aromatic rings. The van der Waals surface area contributed by atoms with Crippen molar-refractivity contribution < 1.29 is 4.79 Å². The molecule has 23 heavy (non-hydrogen) atoms. The lowest BCUT2D eigenvalue weighted by Crippen LogP contribution is -2.39. The molecule has 0 bridgehead atoms. The number of pyridine rings is 1. The number of hydrogen-bond donors (Lipinski definition) is 2. The van der Waals surface area contributed by atoms with Gasteiger partial charge in [0.05, 0.1) is 12.2 Å². The van der Waals surface area contributed by atoms with E-state index in [1.165, 1.54) is 12.8 Å². The van der Waals surface area contributed by atoms with E-state index in [0.717, 1.165) is 24.6 Å². The molecule has 1 aliphatic rings. The van der Waals surface area contributed by atoms with Crippen LogP contribution in [0.2, 0.25) is 0 Å². The zero-order chi connectivity index (χ0) is 16.1. The number of aromatic nitrogens is 3. The first-order valence-electron chi connectivity index (χ1n) is 7.97. The van der Waals surface area contributed by atoms with Gasteiger partial charge in [0.2, 0.25) is 0 Å². The van der Waals surface area contributed by atoms with Gasteiger partial charge in [0, 0.05) is 37.7 Å². The van der Waals surface area contributed by atoms with Gasteiger partial charge in [0.1, 0.15) is 0 Å². The van der Waals surface area contributed by atoms with Crippen LogP contribution in [0.15, 0.2) is 36.8 Å². The second-order valence-electron chi connectivity index (χ2n) is 5.80. The number of amides is 2. The van der Waals surface area contributed by atoms with Gasteiger partial charge in [0.25, 0.3) is 0 Å². The summed E-state index contributed by atoms with van der Waals surface area (Å²) in [4.78, 5) is 18.9. The summed E-state index contributed by atoms with van der Waals surface area (Å²) < 4.78 is 1.80. The van der Waals surface area contributed by atoms with Crippen molar-refractivity contribution in [2.75, 3.05) is 23.3 Å². The average Bonchev–Trinajstić information content (AvgIpc) is 3.20. The van der Waals surface area contributed by atoms with E-state index < -0.39 is 0 Å². The van der Waals surface area contributed by atoms with Gasteiger partial charge in [-0.25, -0.2) is 9.78 Å². The van der Waals surface area contributed by atoms with Crippen LogP contribution in [0.1, 0.15) is 19.8 Å². The molecule has 7 heteroatoms. The molecular formula is C16H22N6O. The van der Waals surface area contributed by atoms with Crippen molar-refractivity contribution in [3.63, 3.8) is 0 Å². The Labute approximate surface area is 135 Å². The van der Waals surface area contributed by atoms with Crippen LogP contribution in [0.5, 0.6) is 0 Å². The molecule has 1 aliphatic heterocycles. The Morgan fingerprint density at radius 3 is 2.87 bits per heavy atom. The van der Waals surface area contributed by atoms with Crippen LogP contribution >= 0.6 is 0 Å². The molecule has 0 aliphatic carbocycles. The predicted molar refractivity (Wildman–Crippen MR) is 89.5 cm³/mol. The third-order valence-corrected chi connectivity index (χ3v) is 3.84. The molecule has 0 aromatic carbocycles. The zero-order valence-corrected chi connectivity index (χ0v) is 13.3. The van der Waals surface area contributed by atoms with Crippen LogP contribution in [0.3, 0.4) is 0 Å². The summed E-state index contributed by atoms with van der Waals surface area (Å²) in [5.74, 6) is 0.847. The third-order valence-electron chi connectivity index (χ3n) is 3.84. The third kappa shape index (κ3) is 4.00. The number of anilines is 2. The molecular weight excluding hydrogens is 292 g/mol. The van der Waals surface area contributed by atoms with Gasteiger partial charge in [-0.2, -0.15) is 5.10 Å². The van der Waals surface area contributed by atoms with Crippen LogP contribution in [0.25, 0.3) is 0 Å². The van der Waals surface area contributed by atoms with Crippen molar-refractivity contribution >= 4 is 17.5 Å². The second-order valence-corrected chi connectivity index (χ2v) is 5.80. The first-order valence-corrected chi connectivity index (χ1v) is 7.97. The maximum absolute atomic E-state index is 12.2. The molecule has 1 fully saturated rings. The van der Waals surface area contributed by atoms with Gasteiger partial charge in [-0.1, -0.05) is 0 Å². The number of carbonyl (C=O) groups excluding carboxylic acids is 1. The summed E-state index contributed by atoms with van der Waals surface area (Å²) >= 11 is 0. The minimum atomic E-state index is -0.224. The SMILES string of the molecule is C[C@H](Cn1cccn1)NC(=O)Nc1cccnc1N1CCCC1. The van der Waals surface area contributed by atoms with E-state index in [-0.39, 0.29) is 12.1 Å². The van der Waals surface area contributed by atoms with E-state index in [2.05, 4.69) is 25.6 Å². The van der Waals surface area contributed by atoms with Crippen molar-refractivity contribution in [3.05, 3.63) is 36.8 Å². The number of nitrogens with zero attached hydrogens (tertiary/aromatic N) is 4. The Kier molecular flexibility index (Phi) is 4.75. The van der Waals surface area contributed by atoms with Gasteiger partial charge in [-0.05, 0) is 38.0 Å². The highest BCUT2D eigenvalue weighted by Gasteiger charge is 2.18. The summed E-state index contributed by atoms with van der Waals surface area (Å²) in [6.45, 7) is 4.56. The fraction of sp³-hybridized carbons (Fsp3) is 0.438. The van der Waals surface area contributed by atoms with Gasteiger partial charge in [-0.15, -0.1) is 0 Å². The van der Waals surface area contributed by atoms with Crippen molar-refractivity contribution in [2.24, 2.45) is 0 Å². The predicted octanol–water partition coefficient (Wildman–Crippen LogP) is 2.09. The first kappa shape index (κ1) is 15.3. The molecule has 0 radical (unpaired) electrons. The summed E-state index contributed by atoms with van der Waals surface area (Å²) in [6, 6.07) is 5.34. The zero-order valence-electron chi connectivity index (χ0n) is 13.3. The topological polar surface area (TPSA) is 75.1 Å². The molecule has 2 amide bonds. The lowest BCUT2D eigenvalue weighted by molar-refractivity contribution is 0.247. The largest absolute Gasteiger partial charge is 0.355 e. The van der Waals surface area contributed by atoms with E-state index in [1.54, 1.807) is 17.1 Å². The van der Waals surface area contributed by atoms with Crippen molar-refractivity contribution in [1.82, 2.24) is 20.1 Å². The molecule has 1 saturated heterocycles. The molecule has 3 heterocycles. The number of urea groups is 1. The lowest BCUT2D eigenvalue weighted by atomic mass is 10.3. The van der Waals surface area contributed by atoms with E-state index in [4.69, 9.17) is 0 Å². The number of carbonyl (C=O) groups is 1. The van der Waals surface area contributed by atoms with E-state index >= 15 is 0 Å². The lowest BCUT2D eigenvalue weighted by Gasteiger charge is -2.21. The molecule has 2 aromatic heterocycles. The van der Waals surface area contributed by atoms with Crippen molar-refractivity contribution in [1.29, 1.82) is 0 Å². The van der Waals surface area contributed by atoms with Crippen LogP contribution in [0.4, 0.5) is 16.3 Å². The van der Waals surface area contributed by atoms with Crippen LogP contribution in [0, 0.1) is 0 Å². The highest BCUT2D eigenvalue weighted by Crippen LogP contribution is 2.25.